The van der Waals surface area contributed by atoms with Gasteiger partial charge in [-0.2, -0.15) is 0 Å². The third kappa shape index (κ3) is 4.68. The first-order valence-electron chi connectivity index (χ1n) is 9.12. The Morgan fingerprint density at radius 2 is 1.96 bits per heavy atom. The number of carbonyl (C=O) groups is 1. The third-order valence-corrected chi connectivity index (χ3v) is 4.93. The van der Waals surface area contributed by atoms with Gasteiger partial charge in [0.1, 0.15) is 5.82 Å². The van der Waals surface area contributed by atoms with Crippen LogP contribution in [0.4, 0.5) is 5.82 Å². The molecular weight excluding hydrogens is 304 g/mol. The van der Waals surface area contributed by atoms with Crippen LogP contribution in [0.1, 0.15) is 42.5 Å². The number of aromatic nitrogens is 1. The highest BCUT2D eigenvalue weighted by Gasteiger charge is 2.16. The van der Waals surface area contributed by atoms with Gasteiger partial charge in [-0.05, 0) is 50.8 Å². The van der Waals surface area contributed by atoms with E-state index in [4.69, 9.17) is 0 Å². The zero-order valence-electron chi connectivity index (χ0n) is 14.3. The fraction of sp³-hybridized carbons (Fsp3) is 0.667. The minimum absolute atomic E-state index is 0.0514. The van der Waals surface area contributed by atoms with E-state index >= 15 is 0 Å². The van der Waals surface area contributed by atoms with E-state index in [0.717, 1.165) is 57.8 Å². The molecule has 0 aromatic carbocycles. The van der Waals surface area contributed by atoms with Crippen molar-refractivity contribution in [1.29, 1.82) is 0 Å². The van der Waals surface area contributed by atoms with Gasteiger partial charge in [-0.1, -0.05) is 0 Å². The molecule has 0 atom stereocenters. The first kappa shape index (κ1) is 17.2. The predicted molar refractivity (Wildman–Crippen MR) is 94.3 cm³/mol. The Morgan fingerprint density at radius 3 is 2.62 bits per heavy atom. The molecule has 1 aromatic rings. The molecule has 0 spiro atoms. The van der Waals surface area contributed by atoms with Gasteiger partial charge in [-0.3, -0.25) is 4.79 Å². The molecule has 6 heteroatoms. The number of hydrogen-bond donors (Lipinski definition) is 2. The second kappa shape index (κ2) is 8.44. The van der Waals surface area contributed by atoms with Crippen molar-refractivity contribution in [3.8, 4) is 0 Å². The summed E-state index contributed by atoms with van der Waals surface area (Å²) in [5.74, 6) is 0.917. The van der Waals surface area contributed by atoms with E-state index in [2.05, 4.69) is 20.1 Å². The first-order chi connectivity index (χ1) is 11.7. The Balaban J connectivity index is 1.37. The molecule has 0 bridgehead atoms. The third-order valence-electron chi connectivity index (χ3n) is 4.93. The summed E-state index contributed by atoms with van der Waals surface area (Å²) < 4.78 is 0. The number of pyridine rings is 1. The summed E-state index contributed by atoms with van der Waals surface area (Å²) in [6, 6.07) is 3.81. The number of nitrogens with zero attached hydrogens (tertiary/aromatic N) is 3. The van der Waals surface area contributed by atoms with Gasteiger partial charge in [-0.15, -0.1) is 0 Å². The molecule has 2 aliphatic heterocycles. The lowest BCUT2D eigenvalue weighted by atomic mass is 10.1. The number of nitrogens with one attached hydrogen (secondary N) is 1. The van der Waals surface area contributed by atoms with Gasteiger partial charge < -0.3 is 20.2 Å². The maximum atomic E-state index is 12.2. The lowest BCUT2D eigenvalue weighted by Gasteiger charge is -2.29. The van der Waals surface area contributed by atoms with Crippen LogP contribution in [0.5, 0.6) is 0 Å². The molecule has 2 N–H and O–H groups in total. The average molecular weight is 332 g/mol. The molecule has 0 radical (unpaired) electrons. The Bertz CT molecular complexity index is 520. The zero-order valence-corrected chi connectivity index (χ0v) is 14.3. The van der Waals surface area contributed by atoms with Crippen molar-refractivity contribution in [2.24, 2.45) is 0 Å². The Hall–Kier alpha value is -1.66. The number of amides is 1. The molecule has 24 heavy (non-hydrogen) atoms. The SMILES string of the molecule is O=C(NCCCN1CCC(O)CC1)c1ccc(N2CCCC2)nc1. The topological polar surface area (TPSA) is 68.7 Å². The van der Waals surface area contributed by atoms with Crippen molar-refractivity contribution in [2.75, 3.05) is 44.2 Å². The van der Waals surface area contributed by atoms with Crippen LogP contribution in [0.15, 0.2) is 18.3 Å². The van der Waals surface area contributed by atoms with E-state index in [9.17, 15) is 9.90 Å². The second-order valence-electron chi connectivity index (χ2n) is 6.78. The Morgan fingerprint density at radius 1 is 1.21 bits per heavy atom. The molecular formula is C18H28N4O2. The number of aliphatic hydroxyl groups excluding tert-OH is 1. The number of anilines is 1. The van der Waals surface area contributed by atoms with Crippen molar-refractivity contribution >= 4 is 11.7 Å². The predicted octanol–water partition coefficient (Wildman–Crippen LogP) is 1.26. The van der Waals surface area contributed by atoms with Crippen LogP contribution < -0.4 is 10.2 Å². The molecule has 132 valence electrons. The van der Waals surface area contributed by atoms with E-state index < -0.39 is 0 Å². The van der Waals surface area contributed by atoms with E-state index in [-0.39, 0.29) is 12.0 Å². The van der Waals surface area contributed by atoms with Crippen molar-refractivity contribution in [3.05, 3.63) is 23.9 Å². The van der Waals surface area contributed by atoms with Gasteiger partial charge in [-0.25, -0.2) is 4.98 Å². The summed E-state index contributed by atoms with van der Waals surface area (Å²) in [6.07, 6.45) is 6.65. The molecule has 1 aromatic heterocycles. The Kier molecular flexibility index (Phi) is 6.04. The summed E-state index contributed by atoms with van der Waals surface area (Å²) in [4.78, 5) is 21.2. The van der Waals surface area contributed by atoms with E-state index in [1.54, 1.807) is 6.20 Å². The van der Waals surface area contributed by atoms with Gasteiger partial charge in [0.05, 0.1) is 11.7 Å². The summed E-state index contributed by atoms with van der Waals surface area (Å²) >= 11 is 0. The molecule has 1 amide bonds. The lowest BCUT2D eigenvalue weighted by molar-refractivity contribution is 0.0816. The summed E-state index contributed by atoms with van der Waals surface area (Å²) in [5, 5.41) is 12.5. The van der Waals surface area contributed by atoms with Gasteiger partial charge in [0.25, 0.3) is 5.91 Å². The highest BCUT2D eigenvalue weighted by molar-refractivity contribution is 5.94. The average Bonchev–Trinajstić information content (AvgIpc) is 3.15. The van der Waals surface area contributed by atoms with Crippen molar-refractivity contribution in [1.82, 2.24) is 15.2 Å². The van der Waals surface area contributed by atoms with Gasteiger partial charge >= 0.3 is 0 Å². The quantitative estimate of drug-likeness (QED) is 0.768. The van der Waals surface area contributed by atoms with E-state index in [1.165, 1.54) is 12.8 Å². The largest absolute Gasteiger partial charge is 0.393 e. The van der Waals surface area contributed by atoms with Crippen LogP contribution in [0.25, 0.3) is 0 Å². The molecule has 2 saturated heterocycles. The smallest absolute Gasteiger partial charge is 0.252 e. The van der Waals surface area contributed by atoms with Crippen LogP contribution in [0.3, 0.4) is 0 Å². The van der Waals surface area contributed by atoms with Gasteiger partial charge in [0.15, 0.2) is 0 Å². The second-order valence-corrected chi connectivity index (χ2v) is 6.78. The fourth-order valence-electron chi connectivity index (χ4n) is 3.40. The zero-order chi connectivity index (χ0) is 16.8. The summed E-state index contributed by atoms with van der Waals surface area (Å²) in [7, 11) is 0. The molecule has 6 nitrogen and oxygen atoms in total. The molecule has 2 aliphatic rings. The minimum atomic E-state index is -0.128. The van der Waals surface area contributed by atoms with Gasteiger partial charge in [0, 0.05) is 38.9 Å². The maximum Gasteiger partial charge on any atom is 0.252 e. The van der Waals surface area contributed by atoms with Gasteiger partial charge in [0.2, 0.25) is 0 Å². The fourth-order valence-corrected chi connectivity index (χ4v) is 3.40. The molecule has 3 heterocycles. The summed E-state index contributed by atoms with van der Waals surface area (Å²) in [6.45, 7) is 5.68. The first-order valence-corrected chi connectivity index (χ1v) is 9.12. The summed E-state index contributed by atoms with van der Waals surface area (Å²) in [5.41, 5.74) is 0.624. The van der Waals surface area contributed by atoms with Crippen molar-refractivity contribution < 1.29 is 9.90 Å². The van der Waals surface area contributed by atoms with Crippen molar-refractivity contribution in [2.45, 2.75) is 38.2 Å². The lowest BCUT2D eigenvalue weighted by Crippen LogP contribution is -2.37. The van der Waals surface area contributed by atoms with Crippen LogP contribution >= 0.6 is 0 Å². The number of carbonyl (C=O) groups excluding carboxylic acids is 1. The van der Waals surface area contributed by atoms with Crippen LogP contribution in [-0.4, -0.2) is 66.3 Å². The highest BCUT2D eigenvalue weighted by Crippen LogP contribution is 2.17. The minimum Gasteiger partial charge on any atom is -0.393 e. The molecule has 0 unspecified atom stereocenters. The highest BCUT2D eigenvalue weighted by atomic mass is 16.3. The standard InChI is InChI=1S/C18H28N4O2/c23-16-6-12-21(13-7-16)9-3-8-19-18(24)15-4-5-17(20-14-15)22-10-1-2-11-22/h4-5,14,16,23H,1-3,6-13H2,(H,19,24). The number of piperidine rings is 1. The molecule has 0 saturated carbocycles. The number of rotatable bonds is 6. The van der Waals surface area contributed by atoms with E-state index in [1.807, 2.05) is 12.1 Å². The normalized spacial score (nSPS) is 19.6. The number of likely N-dealkylation sites (tertiary alicyclic amines) is 1. The maximum absolute atomic E-state index is 12.2. The molecule has 3 rings (SSSR count). The van der Waals surface area contributed by atoms with Crippen molar-refractivity contribution in [3.63, 3.8) is 0 Å². The molecule has 2 fully saturated rings. The van der Waals surface area contributed by atoms with Crippen LogP contribution in [0.2, 0.25) is 0 Å². The van der Waals surface area contributed by atoms with Crippen LogP contribution in [0, 0.1) is 0 Å². The van der Waals surface area contributed by atoms with Crippen LogP contribution in [-0.2, 0) is 0 Å². The van der Waals surface area contributed by atoms with E-state index in [0.29, 0.717) is 12.1 Å². The number of aliphatic hydroxyl groups is 1. The monoisotopic (exact) mass is 332 g/mol. The number of hydrogen-bond acceptors (Lipinski definition) is 5. The molecule has 0 aliphatic carbocycles. The Labute approximate surface area is 143 Å².